The monoisotopic (exact) mass is 183 g/mol. The molecule has 0 saturated heterocycles. The van der Waals surface area contributed by atoms with E-state index < -0.39 is 0 Å². The molecule has 0 aliphatic rings. The molecule has 0 radical (unpaired) electrons. The average molecular weight is 183 g/mol. The summed E-state index contributed by atoms with van der Waals surface area (Å²) in [4.78, 5) is 0. The summed E-state index contributed by atoms with van der Waals surface area (Å²) < 4.78 is 7.02. The van der Waals surface area contributed by atoms with Crippen molar-refractivity contribution < 1.29 is 4.74 Å². The Morgan fingerprint density at radius 1 is 1.54 bits per heavy atom. The van der Waals surface area contributed by atoms with Crippen LogP contribution < -0.4 is 10.5 Å². The molecule has 0 saturated carbocycles. The molecule has 0 spiro atoms. The fraction of sp³-hybridized carbons (Fsp3) is 0.667. The smallest absolute Gasteiger partial charge is 0.214 e. The molecule has 0 unspecified atom stereocenters. The largest absolute Gasteiger partial charge is 0.481 e. The lowest BCUT2D eigenvalue weighted by atomic mass is 10.1. The normalized spacial score (nSPS) is 10.5. The van der Waals surface area contributed by atoms with E-state index in [0.717, 1.165) is 30.0 Å². The van der Waals surface area contributed by atoms with Gasteiger partial charge in [0.2, 0.25) is 5.88 Å². The molecule has 0 aliphatic carbocycles. The lowest BCUT2D eigenvalue weighted by molar-refractivity contribution is 0.369. The zero-order valence-electron chi connectivity index (χ0n) is 8.50. The number of hydrogen-bond acceptors (Lipinski definition) is 3. The van der Waals surface area contributed by atoms with E-state index in [2.05, 4.69) is 12.0 Å². The second-order valence-electron chi connectivity index (χ2n) is 2.95. The van der Waals surface area contributed by atoms with E-state index in [1.807, 2.05) is 7.05 Å². The summed E-state index contributed by atoms with van der Waals surface area (Å²) in [7, 11) is 3.55. The fourth-order valence-corrected chi connectivity index (χ4v) is 1.54. The second kappa shape index (κ2) is 4.28. The minimum atomic E-state index is 0.634. The Morgan fingerprint density at radius 3 is 2.69 bits per heavy atom. The van der Waals surface area contributed by atoms with Crippen LogP contribution in [0.2, 0.25) is 0 Å². The highest BCUT2D eigenvalue weighted by Gasteiger charge is 2.13. The van der Waals surface area contributed by atoms with E-state index in [0.29, 0.717) is 6.54 Å². The van der Waals surface area contributed by atoms with Gasteiger partial charge in [-0.25, -0.2) is 4.68 Å². The number of nitrogens with zero attached hydrogens (tertiary/aromatic N) is 2. The second-order valence-corrected chi connectivity index (χ2v) is 2.95. The van der Waals surface area contributed by atoms with Crippen LogP contribution in [0, 0.1) is 0 Å². The van der Waals surface area contributed by atoms with Gasteiger partial charge in [-0.1, -0.05) is 6.92 Å². The van der Waals surface area contributed by atoms with E-state index in [9.17, 15) is 0 Å². The molecule has 0 fully saturated rings. The van der Waals surface area contributed by atoms with Gasteiger partial charge in [-0.15, -0.1) is 0 Å². The highest BCUT2D eigenvalue weighted by atomic mass is 16.5. The molecule has 4 nitrogen and oxygen atoms in total. The predicted octanol–water partition coefficient (Wildman–Crippen LogP) is 0.492. The first-order chi connectivity index (χ1) is 6.24. The molecule has 0 aromatic carbocycles. The molecule has 0 bridgehead atoms. The Hall–Kier alpha value is -1.03. The van der Waals surface area contributed by atoms with Gasteiger partial charge in [0.1, 0.15) is 0 Å². The average Bonchev–Trinajstić information content (AvgIpc) is 2.43. The van der Waals surface area contributed by atoms with Gasteiger partial charge in [0.05, 0.1) is 12.8 Å². The minimum absolute atomic E-state index is 0.634. The standard InChI is InChI=1S/C9H17N3O/c1-4-8-7(5-6-10)9(13-3)12(2)11-8/h4-6,10H2,1-3H3. The van der Waals surface area contributed by atoms with Gasteiger partial charge >= 0.3 is 0 Å². The third kappa shape index (κ3) is 1.83. The number of nitrogens with two attached hydrogens (primary N) is 1. The van der Waals surface area contributed by atoms with Crippen molar-refractivity contribution in [3.63, 3.8) is 0 Å². The molecule has 2 N–H and O–H groups in total. The van der Waals surface area contributed by atoms with Gasteiger partial charge in [0, 0.05) is 12.6 Å². The fourth-order valence-electron chi connectivity index (χ4n) is 1.54. The third-order valence-electron chi connectivity index (χ3n) is 2.09. The lowest BCUT2D eigenvalue weighted by Crippen LogP contribution is -2.05. The molecule has 4 heteroatoms. The van der Waals surface area contributed by atoms with Crippen LogP contribution in [0.15, 0.2) is 0 Å². The minimum Gasteiger partial charge on any atom is -0.481 e. The third-order valence-corrected chi connectivity index (χ3v) is 2.09. The SMILES string of the molecule is CCc1nn(C)c(OC)c1CCN. The highest BCUT2D eigenvalue weighted by molar-refractivity contribution is 5.32. The molecule has 1 aromatic heterocycles. The zero-order valence-corrected chi connectivity index (χ0v) is 8.50. The van der Waals surface area contributed by atoms with Crippen molar-refractivity contribution in [3.05, 3.63) is 11.3 Å². The van der Waals surface area contributed by atoms with Crippen molar-refractivity contribution in [3.8, 4) is 5.88 Å². The number of aromatic nitrogens is 2. The first-order valence-electron chi connectivity index (χ1n) is 4.53. The molecule has 13 heavy (non-hydrogen) atoms. The predicted molar refractivity (Wildman–Crippen MR) is 51.9 cm³/mol. The van der Waals surface area contributed by atoms with Crippen molar-refractivity contribution in [2.24, 2.45) is 12.8 Å². The Bertz CT molecular complexity index is 281. The number of ether oxygens (including phenoxy) is 1. The Kier molecular flexibility index (Phi) is 3.31. The van der Waals surface area contributed by atoms with Crippen LogP contribution in [0.5, 0.6) is 5.88 Å². The quantitative estimate of drug-likeness (QED) is 0.739. The highest BCUT2D eigenvalue weighted by Crippen LogP contribution is 2.21. The van der Waals surface area contributed by atoms with Crippen molar-refractivity contribution in [2.45, 2.75) is 19.8 Å². The van der Waals surface area contributed by atoms with E-state index in [1.54, 1.807) is 11.8 Å². The molecule has 0 amide bonds. The summed E-state index contributed by atoms with van der Waals surface area (Å²) in [5.74, 6) is 0.835. The van der Waals surface area contributed by atoms with E-state index in [4.69, 9.17) is 10.5 Å². The van der Waals surface area contributed by atoms with Gasteiger partial charge in [-0.2, -0.15) is 5.10 Å². The van der Waals surface area contributed by atoms with Crippen LogP contribution in [0.25, 0.3) is 0 Å². The summed E-state index contributed by atoms with van der Waals surface area (Å²) in [5.41, 5.74) is 7.76. The zero-order chi connectivity index (χ0) is 9.84. The molecular weight excluding hydrogens is 166 g/mol. The summed E-state index contributed by atoms with van der Waals surface area (Å²) in [6.45, 7) is 2.72. The molecule has 74 valence electrons. The van der Waals surface area contributed by atoms with E-state index in [1.165, 1.54) is 0 Å². The number of hydrogen-bond donors (Lipinski definition) is 1. The molecule has 0 aliphatic heterocycles. The summed E-state index contributed by atoms with van der Waals surface area (Å²) in [5, 5.41) is 4.35. The van der Waals surface area contributed by atoms with Crippen LogP contribution in [-0.4, -0.2) is 23.4 Å². The summed E-state index contributed by atoms with van der Waals surface area (Å²) in [6.07, 6.45) is 1.76. The van der Waals surface area contributed by atoms with Gasteiger partial charge in [-0.05, 0) is 19.4 Å². The van der Waals surface area contributed by atoms with Gasteiger partial charge < -0.3 is 10.5 Å². The first kappa shape index (κ1) is 10.1. The van der Waals surface area contributed by atoms with Crippen LogP contribution in [-0.2, 0) is 19.9 Å². The van der Waals surface area contributed by atoms with Crippen molar-refractivity contribution in [2.75, 3.05) is 13.7 Å². The lowest BCUT2D eigenvalue weighted by Gasteiger charge is -2.03. The maximum atomic E-state index is 5.52. The number of methoxy groups -OCH3 is 1. The Labute approximate surface area is 78.7 Å². The van der Waals surface area contributed by atoms with Crippen molar-refractivity contribution in [1.29, 1.82) is 0 Å². The molecule has 0 atom stereocenters. The molecule has 1 heterocycles. The van der Waals surface area contributed by atoms with Crippen LogP contribution in [0.4, 0.5) is 0 Å². The Morgan fingerprint density at radius 2 is 2.23 bits per heavy atom. The summed E-state index contributed by atoms with van der Waals surface area (Å²) in [6, 6.07) is 0. The summed E-state index contributed by atoms with van der Waals surface area (Å²) >= 11 is 0. The first-order valence-corrected chi connectivity index (χ1v) is 4.53. The van der Waals surface area contributed by atoms with E-state index in [-0.39, 0.29) is 0 Å². The van der Waals surface area contributed by atoms with Crippen LogP contribution in [0.3, 0.4) is 0 Å². The van der Waals surface area contributed by atoms with Crippen molar-refractivity contribution in [1.82, 2.24) is 9.78 Å². The number of rotatable bonds is 4. The van der Waals surface area contributed by atoms with Crippen molar-refractivity contribution >= 4 is 0 Å². The van der Waals surface area contributed by atoms with Gasteiger partial charge in [0.25, 0.3) is 0 Å². The maximum Gasteiger partial charge on any atom is 0.214 e. The number of aryl methyl sites for hydroxylation is 2. The van der Waals surface area contributed by atoms with Crippen LogP contribution in [0.1, 0.15) is 18.2 Å². The van der Waals surface area contributed by atoms with Gasteiger partial charge in [-0.3, -0.25) is 0 Å². The molecule has 1 aromatic rings. The maximum absolute atomic E-state index is 5.52. The molecular formula is C9H17N3O. The Balaban J connectivity index is 3.08. The van der Waals surface area contributed by atoms with E-state index >= 15 is 0 Å². The topological polar surface area (TPSA) is 53.1 Å². The van der Waals surface area contributed by atoms with Gasteiger partial charge in [0.15, 0.2) is 0 Å². The van der Waals surface area contributed by atoms with Crippen LogP contribution >= 0.6 is 0 Å². The molecule has 1 rings (SSSR count).